The lowest BCUT2D eigenvalue weighted by Crippen LogP contribution is -2.64. The number of hydrogen-bond acceptors (Lipinski definition) is 6. The number of ketones is 1. The molecule has 40 heavy (non-hydrogen) atoms. The van der Waals surface area contributed by atoms with Crippen LogP contribution < -0.4 is 5.32 Å². The van der Waals surface area contributed by atoms with Crippen LogP contribution in [0.2, 0.25) is 0 Å². The molecule has 5 aliphatic carbocycles. The Morgan fingerprint density at radius 3 is 2.33 bits per heavy atom. The van der Waals surface area contributed by atoms with Gasteiger partial charge in [-0.3, -0.25) is 14.4 Å². The molecule has 0 aromatic heterocycles. The fourth-order valence-electron chi connectivity index (χ4n) is 11.3. The summed E-state index contributed by atoms with van der Waals surface area (Å²) in [5, 5.41) is 13.7. The summed E-state index contributed by atoms with van der Waals surface area (Å²) in [6.07, 6.45) is 4.97. The highest BCUT2D eigenvalue weighted by Gasteiger charge is 2.86. The monoisotopic (exact) mass is 562 g/mol. The average Bonchev–Trinajstić information content (AvgIpc) is 3.47. The number of Topliss-reactive ketones (excluding diaryl/α,β-unsaturated/α-hetero) is 1. The van der Waals surface area contributed by atoms with E-state index in [9.17, 15) is 23.9 Å². The molecule has 11 atom stereocenters. The zero-order valence-corrected chi connectivity index (χ0v) is 26.0. The maximum absolute atomic E-state index is 14.6. The van der Waals surface area contributed by atoms with Gasteiger partial charge in [0.2, 0.25) is 0 Å². The smallest absolute Gasteiger partial charge is 0.302 e. The number of fused-ring (bicyclic) bond motifs is 2. The van der Waals surface area contributed by atoms with Crippen LogP contribution >= 0.6 is 0 Å². The van der Waals surface area contributed by atoms with Gasteiger partial charge in [0.1, 0.15) is 11.9 Å². The first-order valence-corrected chi connectivity index (χ1v) is 15.3. The van der Waals surface area contributed by atoms with Crippen molar-refractivity contribution in [2.75, 3.05) is 20.7 Å². The van der Waals surface area contributed by atoms with Crippen molar-refractivity contribution >= 4 is 17.7 Å². The number of carbonyl (C=O) groups excluding carboxylic acids is 3. The van der Waals surface area contributed by atoms with Crippen molar-refractivity contribution in [3.05, 3.63) is 0 Å². The maximum atomic E-state index is 14.6. The second kappa shape index (κ2) is 8.98. The van der Waals surface area contributed by atoms with Crippen molar-refractivity contribution in [3.8, 4) is 0 Å². The molecule has 0 unspecified atom stereocenters. The van der Waals surface area contributed by atoms with Gasteiger partial charge in [0, 0.05) is 42.2 Å². The van der Waals surface area contributed by atoms with Crippen molar-refractivity contribution in [2.45, 2.75) is 117 Å². The number of ether oxygens (including phenoxy) is 1. The quantitative estimate of drug-likeness (QED) is 0.469. The summed E-state index contributed by atoms with van der Waals surface area (Å²) in [4.78, 5) is 41.7. The lowest BCUT2D eigenvalue weighted by atomic mass is 9.41. The number of carbonyl (C=O) groups is 3. The first-order chi connectivity index (χ1) is 18.4. The highest BCUT2D eigenvalue weighted by atomic mass is 19.1. The number of alkyl halides is 1. The van der Waals surface area contributed by atoms with E-state index < -0.39 is 22.4 Å². The molecule has 5 saturated carbocycles. The van der Waals surface area contributed by atoms with Crippen molar-refractivity contribution in [2.24, 2.45) is 44.8 Å². The molecule has 0 aromatic rings. The SMILES string of the molecule is CC(=O)O[C@@H]1C[C@@]2(C)[C@@H]3CC[C@H]4[C@](C)(CO)[C@@H](NC(=O)C(C)(C)F)CC[C@@]45C[C@]35C(=O)C[C@]2(C)[C@H]1[C@H](C)N(C)C. The topological polar surface area (TPSA) is 95.9 Å². The van der Waals surface area contributed by atoms with Crippen LogP contribution in [-0.4, -0.2) is 72.2 Å². The Hall–Kier alpha value is -1.54. The summed E-state index contributed by atoms with van der Waals surface area (Å²) < 4.78 is 20.5. The van der Waals surface area contributed by atoms with Crippen LogP contribution in [-0.2, 0) is 19.1 Å². The first-order valence-electron chi connectivity index (χ1n) is 15.3. The van der Waals surface area contributed by atoms with Crippen LogP contribution in [0.5, 0.6) is 0 Å². The molecule has 5 rings (SSSR count). The molecule has 0 bridgehead atoms. The summed E-state index contributed by atoms with van der Waals surface area (Å²) in [5.41, 5.74) is -3.76. The largest absolute Gasteiger partial charge is 0.462 e. The Morgan fingerprint density at radius 1 is 1.15 bits per heavy atom. The lowest BCUT2D eigenvalue weighted by Gasteiger charge is -2.62. The summed E-state index contributed by atoms with van der Waals surface area (Å²) >= 11 is 0. The van der Waals surface area contributed by atoms with Crippen LogP contribution in [0.1, 0.15) is 93.4 Å². The molecule has 0 saturated heterocycles. The third-order valence-corrected chi connectivity index (χ3v) is 13.5. The molecule has 2 N–H and O–H groups in total. The number of hydrogen-bond donors (Lipinski definition) is 2. The van der Waals surface area contributed by atoms with Gasteiger partial charge in [-0.2, -0.15) is 0 Å². The second-order valence-corrected chi connectivity index (χ2v) is 15.7. The van der Waals surface area contributed by atoms with Crippen molar-refractivity contribution < 1.29 is 28.6 Å². The summed E-state index contributed by atoms with van der Waals surface area (Å²) in [6, 6.07) is -0.200. The zero-order chi connectivity index (χ0) is 29.8. The molecule has 226 valence electrons. The van der Waals surface area contributed by atoms with E-state index in [4.69, 9.17) is 4.74 Å². The standard InChI is InChI=1S/C32H51FN2O5/c1-18(35(8)9)25-20(40-19(2)37)14-29(6)22-11-10-21-28(5,17-36)23(34-26(39)27(3,4)33)12-13-31(21)16-32(22,31)24(38)15-30(25,29)7/h18,20-23,25,36H,10-17H2,1-9H3,(H,34,39)/t18-,20+,21-,22-,23-,25-,28-,29-,30+,31+,32+/m0/s1. The number of aliphatic hydroxyl groups excluding tert-OH is 1. The van der Waals surface area contributed by atoms with Gasteiger partial charge in [0.05, 0.1) is 6.61 Å². The first kappa shape index (κ1) is 29.9. The molecule has 2 spiro atoms. The molecular formula is C32H51FN2O5. The van der Waals surface area contributed by atoms with E-state index in [1.54, 1.807) is 0 Å². The molecule has 0 aliphatic heterocycles. The van der Waals surface area contributed by atoms with Crippen molar-refractivity contribution in [1.82, 2.24) is 10.2 Å². The maximum Gasteiger partial charge on any atom is 0.302 e. The van der Waals surface area contributed by atoms with Gasteiger partial charge < -0.3 is 20.1 Å². The van der Waals surface area contributed by atoms with E-state index in [-0.39, 0.29) is 64.8 Å². The number of esters is 1. The molecule has 0 radical (unpaired) electrons. The Kier molecular flexibility index (Phi) is 6.72. The van der Waals surface area contributed by atoms with E-state index in [0.717, 1.165) is 32.1 Å². The predicted molar refractivity (Wildman–Crippen MR) is 150 cm³/mol. The molecule has 5 aliphatic rings. The van der Waals surface area contributed by atoms with Gasteiger partial charge >= 0.3 is 5.97 Å². The van der Waals surface area contributed by atoms with E-state index in [0.29, 0.717) is 18.6 Å². The molecule has 8 heteroatoms. The molecule has 7 nitrogen and oxygen atoms in total. The minimum atomic E-state index is -2.00. The minimum absolute atomic E-state index is 0.0443. The third-order valence-electron chi connectivity index (χ3n) is 13.5. The van der Waals surface area contributed by atoms with Gasteiger partial charge in [0.15, 0.2) is 5.67 Å². The number of halogens is 1. The van der Waals surface area contributed by atoms with Crippen molar-refractivity contribution in [1.29, 1.82) is 0 Å². The summed E-state index contributed by atoms with van der Waals surface area (Å²) in [6.45, 7) is 12.7. The van der Waals surface area contributed by atoms with Gasteiger partial charge in [0.25, 0.3) is 5.91 Å². The number of aliphatic hydroxyl groups is 1. The molecule has 0 aromatic carbocycles. The van der Waals surface area contributed by atoms with Gasteiger partial charge in [-0.05, 0) is 101 Å². The Labute approximate surface area is 239 Å². The molecular weight excluding hydrogens is 511 g/mol. The van der Waals surface area contributed by atoms with Crippen LogP contribution in [0, 0.1) is 44.8 Å². The predicted octanol–water partition coefficient (Wildman–Crippen LogP) is 4.30. The fraction of sp³-hybridized carbons (Fsp3) is 0.906. The highest BCUT2D eigenvalue weighted by Crippen LogP contribution is 2.88. The van der Waals surface area contributed by atoms with Crippen LogP contribution in [0.4, 0.5) is 4.39 Å². The molecule has 0 heterocycles. The Morgan fingerprint density at radius 2 is 1.77 bits per heavy atom. The Bertz CT molecular complexity index is 1110. The van der Waals surface area contributed by atoms with E-state index in [1.165, 1.54) is 20.8 Å². The minimum Gasteiger partial charge on any atom is -0.462 e. The molecule has 1 amide bonds. The second-order valence-electron chi connectivity index (χ2n) is 15.7. The number of nitrogens with one attached hydrogen (secondary N) is 1. The number of amides is 1. The average molecular weight is 563 g/mol. The Balaban J connectivity index is 1.52. The van der Waals surface area contributed by atoms with E-state index in [1.807, 2.05) is 6.92 Å². The van der Waals surface area contributed by atoms with Crippen molar-refractivity contribution in [3.63, 3.8) is 0 Å². The summed E-state index contributed by atoms with van der Waals surface area (Å²) in [7, 11) is 4.11. The zero-order valence-electron chi connectivity index (χ0n) is 26.0. The highest BCUT2D eigenvalue weighted by molar-refractivity contribution is 5.92. The third kappa shape index (κ3) is 3.62. The van der Waals surface area contributed by atoms with E-state index in [2.05, 4.69) is 45.1 Å². The van der Waals surface area contributed by atoms with Gasteiger partial charge in [-0.25, -0.2) is 4.39 Å². The summed E-state index contributed by atoms with van der Waals surface area (Å²) in [5.74, 6) is -0.277. The number of rotatable bonds is 6. The van der Waals surface area contributed by atoms with Crippen LogP contribution in [0.3, 0.4) is 0 Å². The molecule has 5 fully saturated rings. The van der Waals surface area contributed by atoms with Crippen LogP contribution in [0.15, 0.2) is 0 Å². The van der Waals surface area contributed by atoms with Gasteiger partial charge in [-0.1, -0.05) is 20.8 Å². The van der Waals surface area contributed by atoms with Crippen LogP contribution in [0.25, 0.3) is 0 Å². The normalized spacial score (nSPS) is 48.4. The van der Waals surface area contributed by atoms with Gasteiger partial charge in [-0.15, -0.1) is 0 Å². The fourth-order valence-corrected chi connectivity index (χ4v) is 11.3. The lowest BCUT2D eigenvalue weighted by molar-refractivity contribution is -0.174. The number of nitrogens with zero attached hydrogens (tertiary/aromatic N) is 1. The van der Waals surface area contributed by atoms with E-state index >= 15 is 0 Å².